The van der Waals surface area contributed by atoms with Crippen molar-refractivity contribution < 1.29 is 0 Å². The van der Waals surface area contributed by atoms with Crippen LogP contribution < -0.4 is 5.73 Å². The molecule has 2 aromatic rings. The van der Waals surface area contributed by atoms with Gasteiger partial charge in [-0.25, -0.2) is 4.98 Å². The molecule has 20 heavy (non-hydrogen) atoms. The van der Waals surface area contributed by atoms with Crippen molar-refractivity contribution in [2.24, 2.45) is 11.7 Å². The molecule has 0 amide bonds. The summed E-state index contributed by atoms with van der Waals surface area (Å²) in [5.41, 5.74) is 8.32. The van der Waals surface area contributed by atoms with E-state index in [-0.39, 0.29) is 0 Å². The predicted octanol–water partition coefficient (Wildman–Crippen LogP) is 4.05. The molecule has 0 saturated heterocycles. The summed E-state index contributed by atoms with van der Waals surface area (Å²) in [5.74, 6) is 2.40. The summed E-state index contributed by atoms with van der Waals surface area (Å²) in [6, 6.07) is 6.41. The summed E-state index contributed by atoms with van der Waals surface area (Å²) in [6.07, 6.45) is 4.90. The van der Waals surface area contributed by atoms with Crippen LogP contribution in [-0.2, 0) is 6.54 Å². The molecule has 1 fully saturated rings. The number of hydrogen-bond donors (Lipinski definition) is 1. The lowest BCUT2D eigenvalue weighted by Gasteiger charge is -2.19. The third-order valence-electron chi connectivity index (χ3n) is 4.48. The van der Waals surface area contributed by atoms with Crippen molar-refractivity contribution in [2.75, 3.05) is 6.54 Å². The van der Waals surface area contributed by atoms with Crippen molar-refractivity contribution in [3.63, 3.8) is 0 Å². The second-order valence-corrected chi connectivity index (χ2v) is 6.70. The summed E-state index contributed by atoms with van der Waals surface area (Å²) < 4.78 is 3.51. The van der Waals surface area contributed by atoms with Crippen molar-refractivity contribution in [1.29, 1.82) is 0 Å². The average molecular weight is 336 g/mol. The van der Waals surface area contributed by atoms with Crippen LogP contribution >= 0.6 is 15.9 Å². The number of nitrogens with zero attached hydrogens (tertiary/aromatic N) is 2. The van der Waals surface area contributed by atoms with Crippen molar-refractivity contribution in [1.82, 2.24) is 9.55 Å². The van der Waals surface area contributed by atoms with Gasteiger partial charge in [0.25, 0.3) is 0 Å². The van der Waals surface area contributed by atoms with E-state index in [9.17, 15) is 0 Å². The number of hydrogen-bond acceptors (Lipinski definition) is 2. The lowest BCUT2D eigenvalue weighted by molar-refractivity contribution is 0.459. The third-order valence-corrected chi connectivity index (χ3v) is 4.97. The van der Waals surface area contributed by atoms with Gasteiger partial charge < -0.3 is 10.3 Å². The van der Waals surface area contributed by atoms with Gasteiger partial charge in [0, 0.05) is 16.9 Å². The number of halogens is 1. The first-order chi connectivity index (χ1) is 9.74. The molecule has 1 aliphatic carbocycles. The highest BCUT2D eigenvalue weighted by molar-refractivity contribution is 9.10. The fraction of sp³-hybridized carbons (Fsp3) is 0.562. The van der Waals surface area contributed by atoms with Gasteiger partial charge in [0.05, 0.1) is 11.0 Å². The molecule has 3 rings (SSSR count). The quantitative estimate of drug-likeness (QED) is 0.915. The highest BCUT2D eigenvalue weighted by Crippen LogP contribution is 2.39. The Bertz CT molecular complexity index is 605. The Hall–Kier alpha value is -0.870. The lowest BCUT2D eigenvalue weighted by atomic mass is 9.95. The average Bonchev–Trinajstić information content (AvgIpc) is 3.03. The molecular weight excluding hydrogens is 314 g/mol. The molecule has 1 aliphatic rings. The zero-order chi connectivity index (χ0) is 14.1. The lowest BCUT2D eigenvalue weighted by Crippen LogP contribution is -2.20. The molecule has 0 aliphatic heterocycles. The largest absolute Gasteiger partial charge is 0.330 e. The summed E-state index contributed by atoms with van der Waals surface area (Å²) in [7, 11) is 0. The van der Waals surface area contributed by atoms with Crippen molar-refractivity contribution >= 4 is 27.0 Å². The number of rotatable bonds is 4. The van der Waals surface area contributed by atoms with Crippen LogP contribution in [-0.4, -0.2) is 16.1 Å². The first kappa shape index (κ1) is 14.1. The fourth-order valence-corrected chi connectivity index (χ4v) is 3.87. The van der Waals surface area contributed by atoms with Crippen LogP contribution in [0.4, 0.5) is 0 Å². The molecule has 2 unspecified atom stereocenters. The molecule has 0 bridgehead atoms. The zero-order valence-electron chi connectivity index (χ0n) is 12.0. The van der Waals surface area contributed by atoms with Gasteiger partial charge in [-0.1, -0.05) is 29.3 Å². The van der Waals surface area contributed by atoms with E-state index in [4.69, 9.17) is 10.7 Å². The van der Waals surface area contributed by atoms with Crippen LogP contribution in [0.3, 0.4) is 0 Å². The maximum absolute atomic E-state index is 5.96. The van der Waals surface area contributed by atoms with E-state index >= 15 is 0 Å². The van der Waals surface area contributed by atoms with Crippen LogP contribution in [0.1, 0.15) is 44.3 Å². The zero-order valence-corrected chi connectivity index (χ0v) is 13.6. The Labute approximate surface area is 128 Å². The highest BCUT2D eigenvalue weighted by Gasteiger charge is 2.31. The van der Waals surface area contributed by atoms with E-state index in [1.54, 1.807) is 0 Å². The number of aromatic nitrogens is 2. The van der Waals surface area contributed by atoms with Gasteiger partial charge in [-0.3, -0.25) is 0 Å². The highest BCUT2D eigenvalue weighted by atomic mass is 79.9. The Kier molecular flexibility index (Phi) is 4.13. The summed E-state index contributed by atoms with van der Waals surface area (Å²) >= 11 is 3.55. The second-order valence-electron chi connectivity index (χ2n) is 5.79. The first-order valence-electron chi connectivity index (χ1n) is 7.60. The minimum absolute atomic E-state index is 0.540. The second kappa shape index (κ2) is 5.86. The summed E-state index contributed by atoms with van der Waals surface area (Å²) in [6.45, 7) is 4.05. The number of imidazole rings is 1. The molecule has 4 heteroatoms. The van der Waals surface area contributed by atoms with Crippen LogP contribution in [0.5, 0.6) is 0 Å². The molecule has 0 radical (unpaired) electrons. The number of benzene rings is 1. The molecule has 1 heterocycles. The topological polar surface area (TPSA) is 43.8 Å². The van der Waals surface area contributed by atoms with E-state index < -0.39 is 0 Å². The van der Waals surface area contributed by atoms with E-state index in [1.807, 2.05) is 0 Å². The maximum Gasteiger partial charge on any atom is 0.113 e. The smallest absolute Gasteiger partial charge is 0.113 e. The molecule has 1 saturated carbocycles. The third kappa shape index (κ3) is 2.40. The predicted molar refractivity (Wildman–Crippen MR) is 86.9 cm³/mol. The van der Waals surface area contributed by atoms with E-state index in [0.717, 1.165) is 29.5 Å². The Morgan fingerprint density at radius 1 is 1.40 bits per heavy atom. The van der Waals surface area contributed by atoms with Crippen molar-refractivity contribution in [2.45, 2.75) is 45.1 Å². The van der Waals surface area contributed by atoms with Crippen molar-refractivity contribution in [3.8, 4) is 0 Å². The summed E-state index contributed by atoms with van der Waals surface area (Å²) in [4.78, 5) is 4.95. The van der Waals surface area contributed by atoms with E-state index in [1.165, 1.54) is 30.6 Å². The van der Waals surface area contributed by atoms with Crippen molar-refractivity contribution in [3.05, 3.63) is 28.5 Å². The van der Waals surface area contributed by atoms with Gasteiger partial charge >= 0.3 is 0 Å². The molecule has 108 valence electrons. The van der Waals surface area contributed by atoms with Gasteiger partial charge in [-0.2, -0.15) is 0 Å². The molecule has 3 nitrogen and oxygen atoms in total. The van der Waals surface area contributed by atoms with Gasteiger partial charge in [-0.15, -0.1) is 0 Å². The fourth-order valence-electron chi connectivity index (χ4n) is 3.52. The normalized spacial score (nSPS) is 22.8. The summed E-state index contributed by atoms with van der Waals surface area (Å²) in [5, 5.41) is 0. The van der Waals surface area contributed by atoms with E-state index in [2.05, 4.69) is 45.6 Å². The minimum atomic E-state index is 0.540. The van der Waals surface area contributed by atoms with Crippen LogP contribution in [0.2, 0.25) is 0 Å². The van der Waals surface area contributed by atoms with Crippen LogP contribution in [0.15, 0.2) is 22.7 Å². The first-order valence-corrected chi connectivity index (χ1v) is 8.39. The Balaban J connectivity index is 2.11. The molecule has 0 spiro atoms. The Morgan fingerprint density at radius 2 is 2.25 bits per heavy atom. The number of nitrogens with two attached hydrogens (primary N) is 1. The van der Waals surface area contributed by atoms with Gasteiger partial charge in [0.2, 0.25) is 0 Å². The standard InChI is InChI=1S/C16H22BrN3/c1-2-8-20-15-7-6-12(17)9-14(15)19-16(20)13-5-3-4-11(13)10-18/h6-7,9,11,13H,2-5,8,10,18H2,1H3. The Morgan fingerprint density at radius 3 is 3.00 bits per heavy atom. The van der Waals surface area contributed by atoms with E-state index in [0.29, 0.717) is 11.8 Å². The van der Waals surface area contributed by atoms with Gasteiger partial charge in [0.1, 0.15) is 5.82 Å². The van der Waals surface area contributed by atoms with Gasteiger partial charge in [-0.05, 0) is 49.9 Å². The van der Waals surface area contributed by atoms with Crippen LogP contribution in [0.25, 0.3) is 11.0 Å². The molecule has 2 N–H and O–H groups in total. The number of aryl methyl sites for hydroxylation is 1. The van der Waals surface area contributed by atoms with Gasteiger partial charge in [0.15, 0.2) is 0 Å². The molecule has 1 aromatic carbocycles. The molecular formula is C16H22BrN3. The molecule has 1 aromatic heterocycles. The SMILES string of the molecule is CCCn1c(C2CCCC2CN)nc2cc(Br)ccc21. The minimum Gasteiger partial charge on any atom is -0.330 e. The molecule has 2 atom stereocenters. The maximum atomic E-state index is 5.96. The number of fused-ring (bicyclic) bond motifs is 1. The monoisotopic (exact) mass is 335 g/mol. The van der Waals surface area contributed by atoms with Crippen LogP contribution in [0, 0.1) is 5.92 Å².